The summed E-state index contributed by atoms with van der Waals surface area (Å²) < 4.78 is 24.1. The molecule has 0 fully saturated rings. The molecule has 0 heterocycles. The van der Waals surface area contributed by atoms with Crippen LogP contribution in [0.2, 0.25) is 0 Å². The first-order valence-corrected chi connectivity index (χ1v) is 8.96. The summed E-state index contributed by atoms with van der Waals surface area (Å²) in [6.45, 7) is 5.16. The zero-order valence-corrected chi connectivity index (χ0v) is 11.8. The van der Waals surface area contributed by atoms with Crippen LogP contribution in [-0.2, 0) is 9.13 Å². The lowest BCUT2D eigenvalue weighted by atomic mass is 10.6. The average molecular weight is 272 g/mol. The fourth-order valence-electron chi connectivity index (χ4n) is 1.63. The fourth-order valence-corrected chi connectivity index (χ4v) is 6.78. The Morgan fingerprint density at radius 1 is 1.25 bits per heavy atom. The predicted molar refractivity (Wildman–Crippen MR) is 66.2 cm³/mol. The molecule has 0 aromatic carbocycles. The molecule has 0 aliphatic rings. The molecular weight excluding hydrogens is 250 g/mol. The molecule has 5 N–H and O–H groups in total. The van der Waals surface area contributed by atoms with Crippen molar-refractivity contribution in [2.75, 3.05) is 25.4 Å². The molecule has 0 spiro atoms. The van der Waals surface area contributed by atoms with Crippen LogP contribution in [0.1, 0.15) is 20.8 Å². The van der Waals surface area contributed by atoms with Gasteiger partial charge in [0.15, 0.2) is 5.02 Å². The first-order valence-electron chi connectivity index (χ1n) is 5.27. The van der Waals surface area contributed by atoms with Crippen molar-refractivity contribution in [2.45, 2.75) is 25.8 Å². The van der Waals surface area contributed by atoms with Gasteiger partial charge in [-0.2, -0.15) is 0 Å². The Kier molecular flexibility index (Phi) is 5.87. The summed E-state index contributed by atoms with van der Waals surface area (Å²) >= 11 is 0. The zero-order chi connectivity index (χ0) is 13.0. The summed E-state index contributed by atoms with van der Waals surface area (Å²) in [6.07, 6.45) is 0.505. The Bertz CT molecular complexity index is 309. The van der Waals surface area contributed by atoms with E-state index in [1.807, 2.05) is 0 Å². The summed E-state index contributed by atoms with van der Waals surface area (Å²) in [5.74, 6) is 0. The minimum absolute atomic E-state index is 0.228. The minimum Gasteiger partial charge on any atom is -0.329 e. The van der Waals surface area contributed by atoms with Crippen LogP contribution in [0, 0.1) is 0 Å². The van der Waals surface area contributed by atoms with Gasteiger partial charge in [0, 0.05) is 25.4 Å². The summed E-state index contributed by atoms with van der Waals surface area (Å²) in [5.41, 5.74) is 5.30. The van der Waals surface area contributed by atoms with Gasteiger partial charge in [-0.15, -0.1) is 0 Å². The van der Waals surface area contributed by atoms with Gasteiger partial charge in [0.2, 0.25) is 0 Å². The number of nitrogens with two attached hydrogens (primary N) is 1. The van der Waals surface area contributed by atoms with Crippen LogP contribution in [0.3, 0.4) is 0 Å². The van der Waals surface area contributed by atoms with Gasteiger partial charge in [-0.25, -0.2) is 0 Å². The SMILES string of the molecule is CCP(=O)(CC)C(C)(NCCN)P(=O)(O)O. The highest BCUT2D eigenvalue weighted by molar-refractivity contribution is 7.78. The topological polar surface area (TPSA) is 113 Å². The van der Waals surface area contributed by atoms with Gasteiger partial charge in [-0.3, -0.25) is 9.88 Å². The molecule has 0 aromatic heterocycles. The van der Waals surface area contributed by atoms with E-state index in [0.717, 1.165) is 0 Å². The number of hydrogen-bond acceptors (Lipinski definition) is 4. The van der Waals surface area contributed by atoms with E-state index in [2.05, 4.69) is 5.32 Å². The van der Waals surface area contributed by atoms with Crippen molar-refractivity contribution in [1.29, 1.82) is 0 Å². The Morgan fingerprint density at radius 3 is 1.94 bits per heavy atom. The lowest BCUT2D eigenvalue weighted by Gasteiger charge is -2.38. The fraction of sp³-hybridized carbons (Fsp3) is 1.00. The van der Waals surface area contributed by atoms with E-state index in [1.165, 1.54) is 6.92 Å². The maximum atomic E-state index is 12.5. The van der Waals surface area contributed by atoms with Crippen molar-refractivity contribution in [1.82, 2.24) is 5.32 Å². The van der Waals surface area contributed by atoms with Crippen molar-refractivity contribution in [3.63, 3.8) is 0 Å². The highest BCUT2D eigenvalue weighted by Crippen LogP contribution is 2.70. The van der Waals surface area contributed by atoms with Crippen LogP contribution < -0.4 is 11.1 Å². The second-order valence-corrected chi connectivity index (χ2v) is 10.1. The first kappa shape index (κ1) is 16.3. The predicted octanol–water partition coefficient (Wildman–Crippen LogP) is 0.789. The zero-order valence-electron chi connectivity index (χ0n) is 10.0. The molecular formula is C8H22N2O4P2. The molecule has 8 heteroatoms. The maximum Gasteiger partial charge on any atom is 0.352 e. The highest BCUT2D eigenvalue weighted by atomic mass is 31.2. The van der Waals surface area contributed by atoms with Crippen molar-refractivity contribution < 1.29 is 18.9 Å². The molecule has 1 atom stereocenters. The third-order valence-electron chi connectivity index (χ3n) is 2.99. The summed E-state index contributed by atoms with van der Waals surface area (Å²) in [6, 6.07) is 0. The Hall–Kier alpha value is 0.300. The third kappa shape index (κ3) is 2.95. The van der Waals surface area contributed by atoms with E-state index in [4.69, 9.17) is 5.73 Å². The van der Waals surface area contributed by atoms with Crippen LogP contribution in [0.4, 0.5) is 0 Å². The lowest BCUT2D eigenvalue weighted by molar-refractivity contribution is 0.337. The van der Waals surface area contributed by atoms with Crippen LogP contribution in [0.15, 0.2) is 0 Å². The van der Waals surface area contributed by atoms with Crippen molar-refractivity contribution >= 4 is 14.7 Å². The molecule has 0 aliphatic heterocycles. The van der Waals surface area contributed by atoms with E-state index in [-0.39, 0.29) is 25.4 Å². The van der Waals surface area contributed by atoms with Gasteiger partial charge in [0.25, 0.3) is 0 Å². The monoisotopic (exact) mass is 272 g/mol. The summed E-state index contributed by atoms with van der Waals surface area (Å²) in [4.78, 5) is 18.8. The average Bonchev–Trinajstić information content (AvgIpc) is 2.22. The van der Waals surface area contributed by atoms with Gasteiger partial charge in [-0.05, 0) is 6.92 Å². The van der Waals surface area contributed by atoms with Crippen LogP contribution in [-0.4, -0.2) is 40.2 Å². The molecule has 0 aromatic rings. The summed E-state index contributed by atoms with van der Waals surface area (Å²) in [5, 5.41) is 1.01. The van der Waals surface area contributed by atoms with Gasteiger partial charge in [0.1, 0.15) is 7.14 Å². The molecule has 16 heavy (non-hydrogen) atoms. The molecule has 0 rings (SSSR count). The second kappa shape index (κ2) is 5.76. The molecule has 0 amide bonds. The molecule has 6 nitrogen and oxygen atoms in total. The molecule has 0 saturated heterocycles. The van der Waals surface area contributed by atoms with Gasteiger partial charge < -0.3 is 20.1 Å². The molecule has 0 saturated carbocycles. The van der Waals surface area contributed by atoms with Gasteiger partial charge in [0.05, 0.1) is 0 Å². The maximum absolute atomic E-state index is 12.5. The Labute approximate surface area is 96.5 Å². The van der Waals surface area contributed by atoms with Crippen molar-refractivity contribution in [3.05, 3.63) is 0 Å². The first-order chi connectivity index (χ1) is 7.18. The highest BCUT2D eigenvalue weighted by Gasteiger charge is 2.54. The van der Waals surface area contributed by atoms with E-state index >= 15 is 0 Å². The van der Waals surface area contributed by atoms with Crippen molar-refractivity contribution in [2.24, 2.45) is 5.73 Å². The molecule has 98 valence electrons. The van der Waals surface area contributed by atoms with Crippen LogP contribution in [0.5, 0.6) is 0 Å². The van der Waals surface area contributed by atoms with Crippen LogP contribution in [0.25, 0.3) is 0 Å². The molecule has 1 unspecified atom stereocenters. The molecule has 0 radical (unpaired) electrons. The largest absolute Gasteiger partial charge is 0.352 e. The van der Waals surface area contributed by atoms with E-state index in [0.29, 0.717) is 0 Å². The normalized spacial score (nSPS) is 17.1. The Balaban J connectivity index is 5.40. The third-order valence-corrected chi connectivity index (χ3v) is 9.94. The lowest BCUT2D eigenvalue weighted by Crippen LogP contribution is -2.45. The second-order valence-electron chi connectivity index (χ2n) is 3.80. The quantitative estimate of drug-likeness (QED) is 0.510. The summed E-state index contributed by atoms with van der Waals surface area (Å²) in [7, 11) is -7.49. The Morgan fingerprint density at radius 2 is 1.69 bits per heavy atom. The van der Waals surface area contributed by atoms with E-state index < -0.39 is 19.8 Å². The molecule has 0 bridgehead atoms. The van der Waals surface area contributed by atoms with Gasteiger partial charge in [-0.1, -0.05) is 13.8 Å². The minimum atomic E-state index is -4.50. The number of nitrogens with one attached hydrogen (secondary N) is 1. The smallest absolute Gasteiger partial charge is 0.329 e. The standard InChI is InChI=1S/C8H22N2O4P2/c1-4-15(11,5-2)8(3,10-7-6-9)16(12,13)14/h10H,4-7,9H2,1-3H3,(H2,12,13,14). The van der Waals surface area contributed by atoms with Crippen LogP contribution >= 0.6 is 14.7 Å². The van der Waals surface area contributed by atoms with Crippen molar-refractivity contribution in [3.8, 4) is 0 Å². The molecule has 0 aliphatic carbocycles. The number of hydrogen-bond donors (Lipinski definition) is 4. The van der Waals surface area contributed by atoms with E-state index in [1.54, 1.807) is 13.8 Å². The van der Waals surface area contributed by atoms with Gasteiger partial charge >= 0.3 is 7.60 Å². The number of rotatable bonds is 7. The van der Waals surface area contributed by atoms with E-state index in [9.17, 15) is 18.9 Å².